The number of nitrogens with zero attached hydrogens (tertiary/aromatic N) is 1. The molecule has 0 radical (unpaired) electrons. The Bertz CT molecular complexity index is 1030. The van der Waals surface area contributed by atoms with Gasteiger partial charge in [0.1, 0.15) is 6.61 Å². The van der Waals surface area contributed by atoms with Crippen LogP contribution >= 0.6 is 0 Å². The van der Waals surface area contributed by atoms with Gasteiger partial charge in [0.15, 0.2) is 5.78 Å². The molecule has 1 aliphatic heterocycles. The zero-order chi connectivity index (χ0) is 20.8. The summed E-state index contributed by atoms with van der Waals surface area (Å²) in [5, 5.41) is 0. The van der Waals surface area contributed by atoms with E-state index in [1.807, 2.05) is 91.0 Å². The van der Waals surface area contributed by atoms with E-state index < -0.39 is 6.09 Å². The predicted molar refractivity (Wildman–Crippen MR) is 116 cm³/mol. The van der Waals surface area contributed by atoms with Crippen molar-refractivity contribution in [3.63, 3.8) is 0 Å². The molecule has 30 heavy (non-hydrogen) atoms. The van der Waals surface area contributed by atoms with E-state index in [0.717, 1.165) is 16.7 Å². The maximum Gasteiger partial charge on any atom is 0.414 e. The summed E-state index contributed by atoms with van der Waals surface area (Å²) in [5.74, 6) is 0.0554. The van der Waals surface area contributed by atoms with Crippen LogP contribution in [-0.4, -0.2) is 16.8 Å². The van der Waals surface area contributed by atoms with E-state index in [1.165, 1.54) is 0 Å². The molecule has 150 valence electrons. The standard InChI is InChI=1S/C26H23NO3/c28-25-17-24(22-14-8-3-9-15-22)27(18-23(25)16-20-10-4-1-5-11-20)26(29)30-19-21-12-6-2-7-13-21/h1-15,18,24H,16-17,19H2. The summed E-state index contributed by atoms with van der Waals surface area (Å²) in [5.41, 5.74) is 3.49. The fourth-order valence-electron chi connectivity index (χ4n) is 3.62. The van der Waals surface area contributed by atoms with Crippen molar-refractivity contribution in [3.8, 4) is 0 Å². The number of ether oxygens (including phenoxy) is 1. The molecule has 3 aromatic rings. The number of amides is 1. The largest absolute Gasteiger partial charge is 0.444 e. The van der Waals surface area contributed by atoms with E-state index >= 15 is 0 Å². The summed E-state index contributed by atoms with van der Waals surface area (Å²) >= 11 is 0. The Labute approximate surface area is 176 Å². The minimum Gasteiger partial charge on any atom is -0.444 e. The van der Waals surface area contributed by atoms with Crippen LogP contribution in [0.25, 0.3) is 0 Å². The number of rotatable bonds is 5. The molecule has 0 saturated carbocycles. The lowest BCUT2D eigenvalue weighted by Gasteiger charge is -2.33. The van der Waals surface area contributed by atoms with Gasteiger partial charge in [0.2, 0.25) is 0 Å². The smallest absolute Gasteiger partial charge is 0.414 e. The van der Waals surface area contributed by atoms with Gasteiger partial charge < -0.3 is 4.74 Å². The molecule has 0 bridgehead atoms. The van der Waals surface area contributed by atoms with Crippen LogP contribution in [0.2, 0.25) is 0 Å². The lowest BCUT2D eigenvalue weighted by molar-refractivity contribution is -0.117. The van der Waals surface area contributed by atoms with Crippen molar-refractivity contribution in [2.75, 3.05) is 0 Å². The Hall–Kier alpha value is -3.66. The molecule has 0 spiro atoms. The van der Waals surface area contributed by atoms with Gasteiger partial charge >= 0.3 is 6.09 Å². The molecule has 0 aliphatic carbocycles. The molecule has 4 rings (SSSR count). The lowest BCUT2D eigenvalue weighted by atomic mass is 9.91. The first-order valence-corrected chi connectivity index (χ1v) is 10.0. The Morgan fingerprint density at radius 1 is 0.833 bits per heavy atom. The number of ketones is 1. The van der Waals surface area contributed by atoms with E-state index in [9.17, 15) is 9.59 Å². The van der Waals surface area contributed by atoms with Crippen molar-refractivity contribution < 1.29 is 14.3 Å². The summed E-state index contributed by atoms with van der Waals surface area (Å²) in [6.45, 7) is 0.188. The zero-order valence-corrected chi connectivity index (χ0v) is 16.6. The second kappa shape index (κ2) is 9.23. The predicted octanol–water partition coefficient (Wildman–Crippen LogP) is 5.47. The second-order valence-electron chi connectivity index (χ2n) is 7.32. The first kappa shape index (κ1) is 19.6. The number of allylic oxidation sites excluding steroid dienone is 1. The van der Waals surface area contributed by atoms with Crippen molar-refractivity contribution in [3.05, 3.63) is 119 Å². The van der Waals surface area contributed by atoms with Gasteiger partial charge in [0, 0.05) is 24.6 Å². The van der Waals surface area contributed by atoms with Crippen LogP contribution in [0, 0.1) is 0 Å². The van der Waals surface area contributed by atoms with E-state index in [0.29, 0.717) is 12.0 Å². The Kier molecular flexibility index (Phi) is 6.04. The number of hydrogen-bond acceptors (Lipinski definition) is 3. The molecule has 1 aliphatic rings. The summed E-state index contributed by atoms with van der Waals surface area (Å²) in [7, 11) is 0. The third-order valence-electron chi connectivity index (χ3n) is 5.21. The molecule has 0 aromatic heterocycles. The first-order chi connectivity index (χ1) is 14.7. The third-order valence-corrected chi connectivity index (χ3v) is 5.21. The Morgan fingerprint density at radius 2 is 1.40 bits per heavy atom. The van der Waals surface area contributed by atoms with Crippen LogP contribution in [0.4, 0.5) is 4.79 Å². The topological polar surface area (TPSA) is 46.6 Å². The monoisotopic (exact) mass is 397 g/mol. The minimum absolute atomic E-state index is 0.0554. The van der Waals surface area contributed by atoms with E-state index in [4.69, 9.17) is 4.74 Å². The Balaban J connectivity index is 1.59. The molecule has 0 saturated heterocycles. The van der Waals surface area contributed by atoms with E-state index in [1.54, 1.807) is 11.1 Å². The van der Waals surface area contributed by atoms with Crippen LogP contribution < -0.4 is 0 Å². The van der Waals surface area contributed by atoms with Crippen LogP contribution in [0.3, 0.4) is 0 Å². The molecule has 1 atom stereocenters. The average molecular weight is 397 g/mol. The molecule has 4 heteroatoms. The highest BCUT2D eigenvalue weighted by atomic mass is 16.6. The van der Waals surface area contributed by atoms with Crippen molar-refractivity contribution in [2.45, 2.75) is 25.5 Å². The van der Waals surface area contributed by atoms with Gasteiger partial charge in [-0.1, -0.05) is 91.0 Å². The highest BCUT2D eigenvalue weighted by Gasteiger charge is 2.33. The molecule has 0 N–H and O–H groups in total. The second-order valence-corrected chi connectivity index (χ2v) is 7.32. The van der Waals surface area contributed by atoms with Crippen molar-refractivity contribution in [1.29, 1.82) is 0 Å². The Morgan fingerprint density at radius 3 is 2.03 bits per heavy atom. The molecule has 1 unspecified atom stereocenters. The number of hydrogen-bond donors (Lipinski definition) is 0. The maximum atomic E-state index is 13.0. The SMILES string of the molecule is O=C1CC(c2ccccc2)N(C(=O)OCc2ccccc2)C=C1Cc1ccccc1. The summed E-state index contributed by atoms with van der Waals surface area (Å²) in [4.78, 5) is 27.5. The van der Waals surface area contributed by atoms with Gasteiger partial charge in [0.05, 0.1) is 6.04 Å². The van der Waals surface area contributed by atoms with Crippen LogP contribution in [-0.2, 0) is 22.6 Å². The van der Waals surface area contributed by atoms with Gasteiger partial charge in [-0.2, -0.15) is 0 Å². The van der Waals surface area contributed by atoms with Crippen LogP contribution in [0.1, 0.15) is 29.2 Å². The molecular formula is C26H23NO3. The average Bonchev–Trinajstić information content (AvgIpc) is 2.80. The number of carbonyl (C=O) groups excluding carboxylic acids is 2. The van der Waals surface area contributed by atoms with Gasteiger partial charge in [-0.3, -0.25) is 9.69 Å². The number of Topliss-reactive ketones (excluding diaryl/α,β-unsaturated/α-hetero) is 1. The molecular weight excluding hydrogens is 374 g/mol. The first-order valence-electron chi connectivity index (χ1n) is 10.0. The normalized spacial score (nSPS) is 16.1. The molecule has 1 amide bonds. The van der Waals surface area contributed by atoms with Crippen molar-refractivity contribution in [2.24, 2.45) is 0 Å². The van der Waals surface area contributed by atoms with Crippen molar-refractivity contribution in [1.82, 2.24) is 4.90 Å². The van der Waals surface area contributed by atoms with Gasteiger partial charge in [0.25, 0.3) is 0 Å². The fraction of sp³-hybridized carbons (Fsp3) is 0.154. The van der Waals surface area contributed by atoms with Gasteiger partial charge in [-0.05, 0) is 16.7 Å². The van der Waals surface area contributed by atoms with Crippen LogP contribution in [0.15, 0.2) is 103 Å². The fourth-order valence-corrected chi connectivity index (χ4v) is 3.62. The molecule has 4 nitrogen and oxygen atoms in total. The zero-order valence-electron chi connectivity index (χ0n) is 16.6. The lowest BCUT2D eigenvalue weighted by Crippen LogP contribution is -2.36. The highest BCUT2D eigenvalue weighted by molar-refractivity contribution is 5.98. The third kappa shape index (κ3) is 4.66. The summed E-state index contributed by atoms with van der Waals surface area (Å²) in [6, 6.07) is 28.6. The van der Waals surface area contributed by atoms with Crippen LogP contribution in [0.5, 0.6) is 0 Å². The quantitative estimate of drug-likeness (QED) is 0.574. The number of carbonyl (C=O) groups is 2. The molecule has 0 fully saturated rings. The van der Waals surface area contributed by atoms with E-state index in [-0.39, 0.29) is 24.9 Å². The van der Waals surface area contributed by atoms with Crippen molar-refractivity contribution >= 4 is 11.9 Å². The van der Waals surface area contributed by atoms with Gasteiger partial charge in [-0.25, -0.2) is 4.79 Å². The molecule has 1 heterocycles. The number of benzene rings is 3. The highest BCUT2D eigenvalue weighted by Crippen LogP contribution is 2.32. The maximum absolute atomic E-state index is 13.0. The summed E-state index contributed by atoms with van der Waals surface area (Å²) in [6.07, 6.45) is 1.95. The minimum atomic E-state index is -0.453. The molecule has 3 aromatic carbocycles. The summed E-state index contributed by atoms with van der Waals surface area (Å²) < 4.78 is 5.58. The van der Waals surface area contributed by atoms with E-state index in [2.05, 4.69) is 0 Å². The van der Waals surface area contributed by atoms with Gasteiger partial charge in [-0.15, -0.1) is 0 Å².